The van der Waals surface area contributed by atoms with Crippen molar-refractivity contribution in [2.24, 2.45) is 4.99 Å². The van der Waals surface area contributed by atoms with Crippen molar-refractivity contribution in [3.8, 4) is 5.88 Å². The summed E-state index contributed by atoms with van der Waals surface area (Å²) in [7, 11) is 0. The molecule has 0 spiro atoms. The highest BCUT2D eigenvalue weighted by Gasteiger charge is 2.07. The predicted octanol–water partition coefficient (Wildman–Crippen LogP) is 3.02. The van der Waals surface area contributed by atoms with Crippen LogP contribution in [0.15, 0.2) is 53.8 Å². The largest absolute Gasteiger partial charge is 0.494 e. The minimum atomic E-state index is 0.109. The van der Waals surface area contributed by atoms with Crippen molar-refractivity contribution in [3.63, 3.8) is 0 Å². The molecular weight excluding hydrogens is 226 g/mol. The Morgan fingerprint density at radius 3 is 2.83 bits per heavy atom. The van der Waals surface area contributed by atoms with Gasteiger partial charge in [-0.05, 0) is 18.2 Å². The predicted molar refractivity (Wildman–Crippen MR) is 71.5 cm³/mol. The summed E-state index contributed by atoms with van der Waals surface area (Å²) in [5.74, 6) is 0.109. The van der Waals surface area contributed by atoms with Crippen LogP contribution >= 0.6 is 0 Å². The SMILES string of the molecule is Oc1[nH]c2ccncc2c1C=Nc1ccccc1. The van der Waals surface area contributed by atoms with E-state index in [1.54, 1.807) is 18.6 Å². The van der Waals surface area contributed by atoms with Gasteiger partial charge >= 0.3 is 0 Å². The molecule has 0 saturated heterocycles. The van der Waals surface area contributed by atoms with Crippen molar-refractivity contribution in [1.82, 2.24) is 9.97 Å². The lowest BCUT2D eigenvalue weighted by molar-refractivity contribution is 0.457. The van der Waals surface area contributed by atoms with Gasteiger partial charge in [0.25, 0.3) is 0 Å². The summed E-state index contributed by atoms with van der Waals surface area (Å²) in [6.07, 6.45) is 5.03. The average Bonchev–Trinajstić information content (AvgIpc) is 2.73. The van der Waals surface area contributed by atoms with Gasteiger partial charge in [0.15, 0.2) is 5.88 Å². The van der Waals surface area contributed by atoms with E-state index in [-0.39, 0.29) is 5.88 Å². The first-order valence-electron chi connectivity index (χ1n) is 5.58. The van der Waals surface area contributed by atoms with E-state index in [1.165, 1.54) is 0 Å². The van der Waals surface area contributed by atoms with Crippen LogP contribution in [-0.4, -0.2) is 21.3 Å². The van der Waals surface area contributed by atoms with Crippen molar-refractivity contribution in [2.45, 2.75) is 0 Å². The third kappa shape index (κ3) is 1.84. The molecule has 2 aromatic heterocycles. The molecule has 0 saturated carbocycles. The highest BCUT2D eigenvalue weighted by Crippen LogP contribution is 2.25. The summed E-state index contributed by atoms with van der Waals surface area (Å²) >= 11 is 0. The van der Waals surface area contributed by atoms with Crippen molar-refractivity contribution in [1.29, 1.82) is 0 Å². The standard InChI is InChI=1S/C14H11N3O/c18-14-12(9-16-10-4-2-1-3-5-10)11-8-15-7-6-13(11)17-14/h1-9,17-18H. The molecule has 0 unspecified atom stereocenters. The first kappa shape index (κ1) is 10.5. The maximum absolute atomic E-state index is 9.84. The van der Waals surface area contributed by atoms with Crippen LogP contribution in [0.5, 0.6) is 5.88 Å². The number of benzene rings is 1. The smallest absolute Gasteiger partial charge is 0.198 e. The first-order valence-corrected chi connectivity index (χ1v) is 5.58. The van der Waals surface area contributed by atoms with Crippen molar-refractivity contribution in [3.05, 3.63) is 54.4 Å². The molecule has 4 nitrogen and oxygen atoms in total. The van der Waals surface area contributed by atoms with Gasteiger partial charge in [-0.2, -0.15) is 0 Å². The number of aromatic hydroxyl groups is 1. The van der Waals surface area contributed by atoms with Crippen LogP contribution in [0.1, 0.15) is 5.56 Å². The molecule has 3 rings (SSSR count). The third-order valence-electron chi connectivity index (χ3n) is 2.72. The molecule has 0 aliphatic heterocycles. The Hall–Kier alpha value is -2.62. The Labute approximate surface area is 104 Å². The number of para-hydroxylation sites is 1. The fourth-order valence-electron chi connectivity index (χ4n) is 1.82. The molecule has 0 atom stereocenters. The second-order valence-electron chi connectivity index (χ2n) is 3.90. The normalized spacial score (nSPS) is 11.3. The van der Waals surface area contributed by atoms with Gasteiger partial charge < -0.3 is 10.1 Å². The van der Waals surface area contributed by atoms with E-state index in [0.717, 1.165) is 16.6 Å². The molecule has 2 heterocycles. The molecule has 88 valence electrons. The lowest BCUT2D eigenvalue weighted by atomic mass is 10.2. The second kappa shape index (κ2) is 4.33. The minimum Gasteiger partial charge on any atom is -0.494 e. The summed E-state index contributed by atoms with van der Waals surface area (Å²) in [5, 5.41) is 10.7. The lowest BCUT2D eigenvalue weighted by Gasteiger charge is -1.93. The zero-order chi connectivity index (χ0) is 12.4. The Morgan fingerprint density at radius 2 is 2.00 bits per heavy atom. The van der Waals surface area contributed by atoms with Crippen LogP contribution in [0.25, 0.3) is 10.9 Å². The Kier molecular flexibility index (Phi) is 2.53. The van der Waals surface area contributed by atoms with Crippen molar-refractivity contribution >= 4 is 22.8 Å². The number of aromatic nitrogens is 2. The number of hydrogen-bond acceptors (Lipinski definition) is 3. The summed E-state index contributed by atoms with van der Waals surface area (Å²) in [6.45, 7) is 0. The molecule has 3 aromatic rings. The quantitative estimate of drug-likeness (QED) is 0.673. The van der Waals surface area contributed by atoms with E-state index < -0.39 is 0 Å². The highest BCUT2D eigenvalue weighted by atomic mass is 16.3. The summed E-state index contributed by atoms with van der Waals surface area (Å²) < 4.78 is 0. The van der Waals surface area contributed by atoms with Crippen LogP contribution in [0, 0.1) is 0 Å². The number of nitrogens with zero attached hydrogens (tertiary/aromatic N) is 2. The summed E-state index contributed by atoms with van der Waals surface area (Å²) in [5.41, 5.74) is 2.34. The lowest BCUT2D eigenvalue weighted by Crippen LogP contribution is -1.79. The Bertz CT molecular complexity index is 701. The molecule has 0 radical (unpaired) electrons. The van der Waals surface area contributed by atoms with E-state index >= 15 is 0 Å². The maximum atomic E-state index is 9.84. The molecule has 18 heavy (non-hydrogen) atoms. The van der Waals surface area contributed by atoms with Gasteiger partial charge in [0.1, 0.15) is 0 Å². The van der Waals surface area contributed by atoms with E-state index in [2.05, 4.69) is 15.0 Å². The van der Waals surface area contributed by atoms with Crippen LogP contribution in [-0.2, 0) is 0 Å². The number of aromatic amines is 1. The zero-order valence-corrected chi connectivity index (χ0v) is 9.54. The number of H-pyrrole nitrogens is 1. The third-order valence-corrected chi connectivity index (χ3v) is 2.72. The van der Waals surface area contributed by atoms with Crippen LogP contribution in [0.3, 0.4) is 0 Å². The number of fused-ring (bicyclic) bond motifs is 1. The monoisotopic (exact) mass is 237 g/mol. The van der Waals surface area contributed by atoms with Crippen LogP contribution in [0.2, 0.25) is 0 Å². The van der Waals surface area contributed by atoms with Crippen molar-refractivity contribution in [2.75, 3.05) is 0 Å². The molecule has 0 aliphatic carbocycles. The molecule has 0 aliphatic rings. The fourth-order valence-corrected chi connectivity index (χ4v) is 1.82. The van der Waals surface area contributed by atoms with Gasteiger partial charge in [-0.15, -0.1) is 0 Å². The molecule has 0 bridgehead atoms. The summed E-state index contributed by atoms with van der Waals surface area (Å²) in [4.78, 5) is 11.3. The van der Waals surface area contributed by atoms with E-state index in [0.29, 0.717) is 5.56 Å². The Morgan fingerprint density at radius 1 is 1.17 bits per heavy atom. The average molecular weight is 237 g/mol. The molecule has 4 heteroatoms. The summed E-state index contributed by atoms with van der Waals surface area (Å²) in [6, 6.07) is 11.4. The van der Waals surface area contributed by atoms with Gasteiger partial charge in [-0.3, -0.25) is 9.98 Å². The number of nitrogens with one attached hydrogen (secondary N) is 1. The van der Waals surface area contributed by atoms with E-state index in [4.69, 9.17) is 0 Å². The molecule has 0 fully saturated rings. The zero-order valence-electron chi connectivity index (χ0n) is 9.54. The number of hydrogen-bond donors (Lipinski definition) is 2. The van der Waals surface area contributed by atoms with Gasteiger partial charge in [0.05, 0.1) is 16.8 Å². The van der Waals surface area contributed by atoms with Gasteiger partial charge in [-0.1, -0.05) is 18.2 Å². The first-order chi connectivity index (χ1) is 8.84. The molecule has 1 aromatic carbocycles. The number of pyridine rings is 1. The highest BCUT2D eigenvalue weighted by molar-refractivity contribution is 6.02. The second-order valence-corrected chi connectivity index (χ2v) is 3.90. The van der Waals surface area contributed by atoms with Crippen molar-refractivity contribution < 1.29 is 5.11 Å². The number of rotatable bonds is 2. The van der Waals surface area contributed by atoms with Crippen LogP contribution in [0.4, 0.5) is 5.69 Å². The van der Waals surface area contributed by atoms with Gasteiger partial charge in [-0.25, -0.2) is 0 Å². The molecule has 2 N–H and O–H groups in total. The molecule has 0 amide bonds. The van der Waals surface area contributed by atoms with Crippen LogP contribution < -0.4 is 0 Å². The van der Waals surface area contributed by atoms with Gasteiger partial charge in [0.2, 0.25) is 0 Å². The van der Waals surface area contributed by atoms with E-state index in [1.807, 2.05) is 36.4 Å². The van der Waals surface area contributed by atoms with Gasteiger partial charge in [0, 0.05) is 24.0 Å². The molecular formula is C14H11N3O. The van der Waals surface area contributed by atoms with E-state index in [9.17, 15) is 5.11 Å². The maximum Gasteiger partial charge on any atom is 0.198 e. The topological polar surface area (TPSA) is 61.3 Å². The number of aliphatic imine (C=N–C) groups is 1. The Balaban J connectivity index is 2.05. The fraction of sp³-hybridized carbons (Fsp3) is 0. The minimum absolute atomic E-state index is 0.109.